The Labute approximate surface area is 334 Å². The fourth-order valence-electron chi connectivity index (χ4n) is 8.70. The van der Waals surface area contributed by atoms with E-state index in [0.29, 0.717) is 11.8 Å². The highest BCUT2D eigenvalue weighted by Crippen LogP contribution is 2.45. The summed E-state index contributed by atoms with van der Waals surface area (Å²) < 4.78 is 25.4. The molecular weight excluding hydrogens is 731 g/mol. The first kappa shape index (κ1) is 32.0. The summed E-state index contributed by atoms with van der Waals surface area (Å²) in [6, 6.07) is 60.2. The third kappa shape index (κ3) is 4.95. The average Bonchev–Trinajstić information content (AvgIpc) is 4.08. The van der Waals surface area contributed by atoms with Crippen LogP contribution >= 0.6 is 0 Å². The zero-order valence-corrected chi connectivity index (χ0v) is 31.2. The molecule has 7 nitrogen and oxygen atoms in total. The number of furan rings is 2. The van der Waals surface area contributed by atoms with Crippen molar-refractivity contribution in [1.82, 2.24) is 9.97 Å². The highest BCUT2D eigenvalue weighted by atomic mass is 16.4. The Kier molecular flexibility index (Phi) is 6.60. The molecule has 9 aromatic carbocycles. The molecule has 0 bridgehead atoms. The molecule has 0 unspecified atom stereocenters. The maximum absolute atomic E-state index is 6.72. The summed E-state index contributed by atoms with van der Waals surface area (Å²) in [6.07, 6.45) is 0. The number of fused-ring (bicyclic) bond motifs is 11. The third-order valence-electron chi connectivity index (χ3n) is 11.5. The summed E-state index contributed by atoms with van der Waals surface area (Å²) in [4.78, 5) is 11.8. The average molecular weight is 760 g/mol. The second-order valence-corrected chi connectivity index (χ2v) is 15.0. The van der Waals surface area contributed by atoms with Crippen LogP contribution in [0.15, 0.2) is 194 Å². The number of para-hydroxylation sites is 4. The van der Waals surface area contributed by atoms with Crippen molar-refractivity contribution in [3.63, 3.8) is 0 Å². The van der Waals surface area contributed by atoms with Gasteiger partial charge in [0, 0.05) is 55.5 Å². The van der Waals surface area contributed by atoms with Crippen LogP contribution in [0.3, 0.4) is 0 Å². The molecule has 0 aliphatic carbocycles. The molecule has 4 heterocycles. The van der Waals surface area contributed by atoms with Gasteiger partial charge in [-0.05, 0) is 113 Å². The van der Waals surface area contributed by atoms with Crippen LogP contribution in [0, 0.1) is 0 Å². The molecule has 13 aromatic rings. The second-order valence-electron chi connectivity index (χ2n) is 15.0. The standard InChI is InChI=1S/C52H29N3O4/c1-2-10-35-31(9-1)25-44(37-12-4-3-11-36(35)37)55(33-20-17-30(18-21-33)51-53-42-13-5-7-15-45(42)58-51)34-22-24-39-41-29-49-40(28-50(41)57-48(39)27-34)38-23-19-32(26-47(38)56-49)52-54-43-14-6-8-16-46(43)59-52/h1-29H. The predicted octanol–water partition coefficient (Wildman–Crippen LogP) is 14.9. The molecule has 0 N–H and O–H groups in total. The van der Waals surface area contributed by atoms with E-state index in [1.54, 1.807) is 0 Å². The summed E-state index contributed by atoms with van der Waals surface area (Å²) in [7, 11) is 0. The lowest BCUT2D eigenvalue weighted by atomic mass is 9.99. The van der Waals surface area contributed by atoms with Gasteiger partial charge in [0.15, 0.2) is 11.2 Å². The monoisotopic (exact) mass is 759 g/mol. The van der Waals surface area contributed by atoms with Gasteiger partial charge in [-0.25, -0.2) is 9.97 Å². The number of rotatable bonds is 5. The zero-order chi connectivity index (χ0) is 38.6. The van der Waals surface area contributed by atoms with Gasteiger partial charge in [0.1, 0.15) is 33.4 Å². The fourth-order valence-corrected chi connectivity index (χ4v) is 8.70. The fraction of sp³-hybridized carbons (Fsp3) is 0. The zero-order valence-electron chi connectivity index (χ0n) is 31.2. The van der Waals surface area contributed by atoms with E-state index in [2.05, 4.69) is 120 Å². The first-order chi connectivity index (χ1) is 29.2. The lowest BCUT2D eigenvalue weighted by molar-refractivity contribution is 0.619. The highest BCUT2D eigenvalue weighted by Gasteiger charge is 2.21. The van der Waals surface area contributed by atoms with Crippen LogP contribution in [0.5, 0.6) is 0 Å². The van der Waals surface area contributed by atoms with Crippen molar-refractivity contribution in [2.24, 2.45) is 0 Å². The molecule has 0 atom stereocenters. The Morgan fingerprint density at radius 1 is 0.322 bits per heavy atom. The smallest absolute Gasteiger partial charge is 0.227 e. The van der Waals surface area contributed by atoms with E-state index in [1.165, 1.54) is 10.8 Å². The Hall–Kier alpha value is -8.16. The lowest BCUT2D eigenvalue weighted by Gasteiger charge is -2.27. The van der Waals surface area contributed by atoms with Crippen LogP contribution in [0.1, 0.15) is 0 Å². The largest absolute Gasteiger partial charge is 0.456 e. The van der Waals surface area contributed by atoms with Gasteiger partial charge >= 0.3 is 0 Å². The minimum Gasteiger partial charge on any atom is -0.456 e. The van der Waals surface area contributed by atoms with Gasteiger partial charge in [-0.2, -0.15) is 0 Å². The lowest BCUT2D eigenvalue weighted by Crippen LogP contribution is -2.10. The summed E-state index contributed by atoms with van der Waals surface area (Å²) in [5, 5.41) is 8.69. The Bertz CT molecular complexity index is 3750. The maximum Gasteiger partial charge on any atom is 0.227 e. The van der Waals surface area contributed by atoms with Crippen molar-refractivity contribution in [3.8, 4) is 22.9 Å². The first-order valence-corrected chi connectivity index (χ1v) is 19.5. The van der Waals surface area contributed by atoms with E-state index in [4.69, 9.17) is 27.6 Å². The number of oxazole rings is 2. The molecule has 0 saturated heterocycles. The topological polar surface area (TPSA) is 81.6 Å². The van der Waals surface area contributed by atoms with Crippen LogP contribution in [0.4, 0.5) is 17.1 Å². The molecule has 0 radical (unpaired) electrons. The van der Waals surface area contributed by atoms with Gasteiger partial charge in [-0.3, -0.25) is 0 Å². The number of hydrogen-bond acceptors (Lipinski definition) is 7. The minimum atomic E-state index is 0.564. The van der Waals surface area contributed by atoms with E-state index in [9.17, 15) is 0 Å². The van der Waals surface area contributed by atoms with Gasteiger partial charge in [0.05, 0.1) is 5.69 Å². The highest BCUT2D eigenvalue weighted by molar-refractivity contribution is 6.17. The molecule has 0 fully saturated rings. The van der Waals surface area contributed by atoms with Crippen molar-refractivity contribution in [3.05, 3.63) is 176 Å². The summed E-state index contributed by atoms with van der Waals surface area (Å²) >= 11 is 0. The predicted molar refractivity (Wildman–Crippen MR) is 237 cm³/mol. The van der Waals surface area contributed by atoms with Crippen LogP contribution < -0.4 is 4.90 Å². The Morgan fingerprint density at radius 3 is 1.54 bits per heavy atom. The Morgan fingerprint density at radius 2 is 0.847 bits per heavy atom. The SMILES string of the molecule is c1ccc2c(c1)cc(N(c1ccc(-c3nc4ccccc4o3)cc1)c1ccc3c(c1)oc1cc4c(cc13)oc1cc(-c3nc5ccccc5o3)ccc14)c1ccccc12. The molecule has 276 valence electrons. The molecule has 0 spiro atoms. The normalized spacial score (nSPS) is 12.1. The molecule has 0 aliphatic heterocycles. The van der Waals surface area contributed by atoms with Gasteiger partial charge in [-0.1, -0.05) is 72.8 Å². The van der Waals surface area contributed by atoms with Gasteiger partial charge in [-0.15, -0.1) is 0 Å². The van der Waals surface area contributed by atoms with E-state index < -0.39 is 0 Å². The first-order valence-electron chi connectivity index (χ1n) is 19.5. The van der Waals surface area contributed by atoms with Crippen LogP contribution in [-0.4, -0.2) is 9.97 Å². The number of hydrogen-bond donors (Lipinski definition) is 0. The molecule has 59 heavy (non-hydrogen) atoms. The second kappa shape index (κ2) is 12.2. The van der Waals surface area contributed by atoms with Crippen LogP contribution in [0.2, 0.25) is 0 Å². The maximum atomic E-state index is 6.72. The van der Waals surface area contributed by atoms with Crippen molar-refractivity contribution in [2.45, 2.75) is 0 Å². The molecule has 7 heteroatoms. The molecule has 0 amide bonds. The third-order valence-corrected chi connectivity index (χ3v) is 11.5. The van der Waals surface area contributed by atoms with Crippen molar-refractivity contribution < 1.29 is 17.7 Å². The summed E-state index contributed by atoms with van der Waals surface area (Å²) in [5.41, 5.74) is 11.1. The van der Waals surface area contributed by atoms with Gasteiger partial charge < -0.3 is 22.6 Å². The van der Waals surface area contributed by atoms with Crippen LogP contribution in [0.25, 0.3) is 111 Å². The summed E-state index contributed by atoms with van der Waals surface area (Å²) in [5.74, 6) is 1.15. The van der Waals surface area contributed by atoms with E-state index in [0.717, 1.165) is 105 Å². The quantitative estimate of drug-likeness (QED) is 0.162. The Balaban J connectivity index is 0.952. The number of benzene rings is 9. The molecule has 13 rings (SSSR count). The van der Waals surface area contributed by atoms with Crippen LogP contribution in [-0.2, 0) is 0 Å². The van der Waals surface area contributed by atoms with Gasteiger partial charge in [0.25, 0.3) is 0 Å². The van der Waals surface area contributed by atoms with E-state index in [1.807, 2.05) is 60.7 Å². The number of aromatic nitrogens is 2. The van der Waals surface area contributed by atoms with Crippen molar-refractivity contribution in [2.75, 3.05) is 4.90 Å². The molecule has 0 saturated carbocycles. The number of anilines is 3. The minimum absolute atomic E-state index is 0.564. The van der Waals surface area contributed by atoms with Crippen molar-refractivity contribution in [1.29, 1.82) is 0 Å². The summed E-state index contributed by atoms with van der Waals surface area (Å²) in [6.45, 7) is 0. The van der Waals surface area contributed by atoms with E-state index >= 15 is 0 Å². The molecule has 0 aliphatic rings. The van der Waals surface area contributed by atoms with E-state index in [-0.39, 0.29) is 0 Å². The molecular formula is C52H29N3O4. The van der Waals surface area contributed by atoms with Gasteiger partial charge in [0.2, 0.25) is 11.8 Å². The molecule has 4 aromatic heterocycles. The number of nitrogens with zero attached hydrogens (tertiary/aromatic N) is 3. The van der Waals surface area contributed by atoms with Crippen molar-refractivity contribution >= 4 is 105 Å².